The molecule has 7 nitrogen and oxygen atoms in total. The highest BCUT2D eigenvalue weighted by atomic mass is 19.1. The molecule has 2 saturated heterocycles. The van der Waals surface area contributed by atoms with E-state index in [0.29, 0.717) is 22.9 Å². The van der Waals surface area contributed by atoms with Gasteiger partial charge in [0.05, 0.1) is 4.92 Å². The molecule has 4 rings (SSSR count). The number of anilines is 1. The monoisotopic (exact) mass is 411 g/mol. The van der Waals surface area contributed by atoms with E-state index < -0.39 is 4.92 Å². The van der Waals surface area contributed by atoms with Gasteiger partial charge >= 0.3 is 5.69 Å². The van der Waals surface area contributed by atoms with E-state index in [1.54, 1.807) is 31.2 Å². The zero-order valence-corrected chi connectivity index (χ0v) is 17.2. The fourth-order valence-corrected chi connectivity index (χ4v) is 4.27. The van der Waals surface area contributed by atoms with Crippen molar-refractivity contribution < 1.29 is 9.31 Å². The highest BCUT2D eigenvalue weighted by molar-refractivity contribution is 5.84. The molecule has 0 unspecified atom stereocenters. The first kappa shape index (κ1) is 20.3. The van der Waals surface area contributed by atoms with Crippen LogP contribution in [0.1, 0.15) is 49.2 Å². The molecule has 158 valence electrons. The molecule has 0 amide bonds. The molecule has 0 bridgehead atoms. The summed E-state index contributed by atoms with van der Waals surface area (Å²) < 4.78 is 14.7. The Morgan fingerprint density at radius 3 is 2.40 bits per heavy atom. The number of nitrogens with zero attached hydrogens (tertiary/aromatic N) is 5. The Morgan fingerprint density at radius 2 is 1.73 bits per heavy atom. The van der Waals surface area contributed by atoms with Crippen molar-refractivity contribution in [1.82, 2.24) is 14.9 Å². The number of likely N-dealkylation sites (tertiary alicyclic amines) is 1. The maximum absolute atomic E-state index is 14.7. The van der Waals surface area contributed by atoms with Crippen LogP contribution in [0.5, 0.6) is 0 Å². The summed E-state index contributed by atoms with van der Waals surface area (Å²) in [6, 6.07) is 6.55. The fourth-order valence-electron chi connectivity index (χ4n) is 4.27. The predicted octanol–water partition coefficient (Wildman–Crippen LogP) is 4.42. The Hall–Kier alpha value is -3.03. The van der Waals surface area contributed by atoms with Crippen molar-refractivity contribution in [3.05, 3.63) is 57.3 Å². The van der Waals surface area contributed by atoms with Crippen molar-refractivity contribution in [1.29, 1.82) is 0 Å². The topological polar surface area (TPSA) is 75.4 Å². The molecule has 2 aliphatic rings. The minimum atomic E-state index is -0.405. The van der Waals surface area contributed by atoms with Gasteiger partial charge in [0.25, 0.3) is 0 Å². The van der Waals surface area contributed by atoms with E-state index in [9.17, 15) is 14.5 Å². The lowest BCUT2D eigenvalue weighted by molar-refractivity contribution is -0.384. The van der Waals surface area contributed by atoms with Crippen LogP contribution in [0.2, 0.25) is 0 Å². The fraction of sp³-hybridized carbons (Fsp3) is 0.455. The summed E-state index contributed by atoms with van der Waals surface area (Å²) in [6.45, 7) is 4.81. The van der Waals surface area contributed by atoms with Gasteiger partial charge in [0.2, 0.25) is 5.82 Å². The van der Waals surface area contributed by atoms with Crippen LogP contribution in [-0.2, 0) is 0 Å². The Morgan fingerprint density at radius 1 is 1.07 bits per heavy atom. The first-order valence-electron chi connectivity index (χ1n) is 10.5. The third-order valence-electron chi connectivity index (χ3n) is 5.71. The van der Waals surface area contributed by atoms with Gasteiger partial charge in [-0.2, -0.15) is 0 Å². The molecule has 0 saturated carbocycles. The Labute approximate surface area is 175 Å². The maximum Gasteiger partial charge on any atom is 0.337 e. The van der Waals surface area contributed by atoms with Crippen LogP contribution < -0.4 is 4.90 Å². The second-order valence-electron chi connectivity index (χ2n) is 7.84. The van der Waals surface area contributed by atoms with E-state index in [1.807, 2.05) is 4.90 Å². The lowest BCUT2D eigenvalue weighted by Crippen LogP contribution is -2.31. The minimum absolute atomic E-state index is 0.101. The molecule has 3 heterocycles. The van der Waals surface area contributed by atoms with Gasteiger partial charge in [-0.1, -0.05) is 12.1 Å². The molecule has 0 spiro atoms. The zero-order valence-electron chi connectivity index (χ0n) is 17.2. The molecule has 0 N–H and O–H groups in total. The van der Waals surface area contributed by atoms with Crippen LogP contribution in [-0.4, -0.2) is 46.0 Å². The number of nitro groups is 1. The van der Waals surface area contributed by atoms with Crippen molar-refractivity contribution in [3.63, 3.8) is 0 Å². The number of hydrogen-bond acceptors (Lipinski definition) is 6. The third-order valence-corrected chi connectivity index (χ3v) is 5.71. The second kappa shape index (κ2) is 8.77. The van der Waals surface area contributed by atoms with Crippen LogP contribution >= 0.6 is 0 Å². The van der Waals surface area contributed by atoms with Gasteiger partial charge in [-0.25, -0.2) is 14.4 Å². The standard InChI is InChI=1S/C22H26FN5O2/c1-16-24-19(21(28(29)30)22(25-16)27-13-5-2-6-14-27)15-20(26-11-7-8-12-26)17-9-3-4-10-18(17)23/h3-4,9-10,15H,2,5-8,11-14H2,1H3/b20-15-. The van der Waals surface area contributed by atoms with Crippen molar-refractivity contribution in [2.45, 2.75) is 39.0 Å². The van der Waals surface area contributed by atoms with E-state index in [2.05, 4.69) is 14.9 Å². The average molecular weight is 411 g/mol. The normalized spacial score (nSPS) is 17.5. The SMILES string of the molecule is Cc1nc(/C=C(/c2ccccc2F)N2CCCC2)c([N+](=O)[O-])c(N2CCCCC2)n1. The summed E-state index contributed by atoms with van der Waals surface area (Å²) in [4.78, 5) is 24.6. The van der Waals surface area contributed by atoms with Gasteiger partial charge in [-0.3, -0.25) is 10.1 Å². The molecule has 2 fully saturated rings. The van der Waals surface area contributed by atoms with Crippen molar-refractivity contribution in [2.75, 3.05) is 31.1 Å². The Bertz CT molecular complexity index is 966. The molecular formula is C22H26FN5O2. The third kappa shape index (κ3) is 4.13. The summed E-state index contributed by atoms with van der Waals surface area (Å²) in [5.74, 6) is 0.495. The summed E-state index contributed by atoms with van der Waals surface area (Å²) >= 11 is 0. The molecule has 30 heavy (non-hydrogen) atoms. The molecule has 1 aromatic heterocycles. The van der Waals surface area contributed by atoms with Gasteiger partial charge in [0, 0.05) is 37.4 Å². The first-order valence-corrected chi connectivity index (χ1v) is 10.5. The molecule has 0 radical (unpaired) electrons. The lowest BCUT2D eigenvalue weighted by atomic mass is 10.1. The van der Waals surface area contributed by atoms with Gasteiger partial charge in [0.15, 0.2) is 0 Å². The average Bonchev–Trinajstić information content (AvgIpc) is 3.27. The summed E-state index contributed by atoms with van der Waals surface area (Å²) in [6.07, 6.45) is 6.78. The van der Waals surface area contributed by atoms with Crippen molar-refractivity contribution >= 4 is 23.3 Å². The number of halogens is 1. The van der Waals surface area contributed by atoms with Gasteiger partial charge in [0.1, 0.15) is 17.3 Å². The van der Waals surface area contributed by atoms with Gasteiger partial charge < -0.3 is 9.80 Å². The molecule has 0 aliphatic carbocycles. The van der Waals surface area contributed by atoms with Crippen LogP contribution in [0.15, 0.2) is 24.3 Å². The second-order valence-corrected chi connectivity index (χ2v) is 7.84. The van der Waals surface area contributed by atoms with Crippen LogP contribution in [0.4, 0.5) is 15.9 Å². The summed E-state index contributed by atoms with van der Waals surface area (Å²) in [5.41, 5.74) is 1.20. The van der Waals surface area contributed by atoms with Crippen molar-refractivity contribution in [2.24, 2.45) is 0 Å². The van der Waals surface area contributed by atoms with Gasteiger partial charge in [-0.15, -0.1) is 0 Å². The van der Waals surface area contributed by atoms with Crippen LogP contribution in [0, 0.1) is 22.9 Å². The smallest absolute Gasteiger partial charge is 0.337 e. The van der Waals surface area contributed by atoms with Crippen molar-refractivity contribution in [3.8, 4) is 0 Å². The Balaban J connectivity index is 1.88. The molecule has 1 aromatic carbocycles. The summed E-state index contributed by atoms with van der Waals surface area (Å²) in [5, 5.41) is 12.1. The van der Waals surface area contributed by atoms with Crippen LogP contribution in [0.25, 0.3) is 11.8 Å². The van der Waals surface area contributed by atoms with E-state index in [1.165, 1.54) is 6.07 Å². The number of aromatic nitrogens is 2. The van der Waals surface area contributed by atoms with E-state index in [4.69, 9.17) is 0 Å². The van der Waals surface area contributed by atoms with E-state index in [0.717, 1.165) is 58.3 Å². The predicted molar refractivity (Wildman–Crippen MR) is 115 cm³/mol. The quantitative estimate of drug-likeness (QED) is 0.536. The first-order chi connectivity index (χ1) is 14.5. The van der Waals surface area contributed by atoms with E-state index in [-0.39, 0.29) is 17.2 Å². The molecular weight excluding hydrogens is 385 g/mol. The van der Waals surface area contributed by atoms with Gasteiger partial charge in [-0.05, 0) is 57.2 Å². The highest BCUT2D eigenvalue weighted by Crippen LogP contribution is 2.35. The largest absolute Gasteiger partial charge is 0.371 e. The number of hydrogen-bond donors (Lipinski definition) is 0. The maximum atomic E-state index is 14.7. The highest BCUT2D eigenvalue weighted by Gasteiger charge is 2.29. The van der Waals surface area contributed by atoms with E-state index >= 15 is 0 Å². The minimum Gasteiger partial charge on any atom is -0.371 e. The molecule has 8 heteroatoms. The molecule has 2 aliphatic heterocycles. The van der Waals surface area contributed by atoms with Crippen LogP contribution in [0.3, 0.4) is 0 Å². The zero-order chi connectivity index (χ0) is 21.1. The molecule has 0 atom stereocenters. The molecule has 2 aromatic rings. The number of piperidine rings is 1. The Kier molecular flexibility index (Phi) is 5.92. The lowest BCUT2D eigenvalue weighted by Gasteiger charge is -2.28. The number of benzene rings is 1. The number of rotatable bonds is 5. The summed E-state index contributed by atoms with van der Waals surface area (Å²) in [7, 11) is 0. The number of aryl methyl sites for hydroxylation is 1.